The van der Waals surface area contributed by atoms with Gasteiger partial charge in [-0.15, -0.1) is 0 Å². The summed E-state index contributed by atoms with van der Waals surface area (Å²) >= 11 is 0. The quantitative estimate of drug-likeness (QED) is 0.260. The zero-order valence-electron chi connectivity index (χ0n) is 14.8. The van der Waals surface area contributed by atoms with E-state index >= 15 is 0 Å². The number of carboxylic acids is 1. The Kier molecular flexibility index (Phi) is 10.4. The van der Waals surface area contributed by atoms with Crippen molar-refractivity contribution in [1.29, 1.82) is 0 Å². The van der Waals surface area contributed by atoms with E-state index in [1.54, 1.807) is 0 Å². The van der Waals surface area contributed by atoms with Gasteiger partial charge in [-0.25, -0.2) is 4.79 Å². The Balaban J connectivity index is 2.20. The third-order valence-corrected chi connectivity index (χ3v) is 4.85. The van der Waals surface area contributed by atoms with Crippen LogP contribution in [0.15, 0.2) is 36.5 Å². The second-order valence-corrected chi connectivity index (χ2v) is 6.79. The second kappa shape index (κ2) is 12.2. The molecule has 2 nitrogen and oxygen atoms in total. The molecule has 2 atom stereocenters. The first-order chi connectivity index (χ1) is 11.1. The van der Waals surface area contributed by atoms with Crippen molar-refractivity contribution < 1.29 is 9.90 Å². The highest BCUT2D eigenvalue weighted by atomic mass is 16.4. The summed E-state index contributed by atoms with van der Waals surface area (Å²) < 4.78 is 0. The number of unbranched alkanes of at least 4 members (excludes halogenated alkanes) is 4. The Morgan fingerprint density at radius 3 is 2.70 bits per heavy atom. The van der Waals surface area contributed by atoms with Crippen LogP contribution in [0.1, 0.15) is 77.6 Å². The van der Waals surface area contributed by atoms with Crippen LogP contribution in [0.2, 0.25) is 0 Å². The average molecular weight is 319 g/mol. The van der Waals surface area contributed by atoms with Crippen LogP contribution in [-0.4, -0.2) is 11.1 Å². The van der Waals surface area contributed by atoms with Gasteiger partial charge in [0.05, 0.1) is 0 Å². The predicted octanol–water partition coefficient (Wildman–Crippen LogP) is 6.30. The molecule has 2 heteroatoms. The highest BCUT2D eigenvalue weighted by Crippen LogP contribution is 2.35. The van der Waals surface area contributed by atoms with Gasteiger partial charge in [0.1, 0.15) is 0 Å². The minimum atomic E-state index is -0.877. The number of aliphatic carboxylic acids is 1. The van der Waals surface area contributed by atoms with Crippen molar-refractivity contribution in [2.75, 3.05) is 0 Å². The molecule has 0 saturated heterocycles. The van der Waals surface area contributed by atoms with Crippen LogP contribution in [0.4, 0.5) is 0 Å². The lowest BCUT2D eigenvalue weighted by Crippen LogP contribution is -2.03. The van der Waals surface area contributed by atoms with Gasteiger partial charge in [-0.2, -0.15) is 0 Å². The highest BCUT2D eigenvalue weighted by molar-refractivity contribution is 5.85. The largest absolute Gasteiger partial charge is 0.478 e. The Labute approximate surface area is 142 Å². The van der Waals surface area contributed by atoms with Gasteiger partial charge >= 0.3 is 5.97 Å². The molecule has 0 spiro atoms. The van der Waals surface area contributed by atoms with Crippen molar-refractivity contribution >= 4 is 5.97 Å². The molecular formula is C21H34O2. The first-order valence-corrected chi connectivity index (χ1v) is 9.37. The Morgan fingerprint density at radius 2 is 1.96 bits per heavy atom. The fraction of sp³-hybridized carbons (Fsp3) is 0.667. The fourth-order valence-corrected chi connectivity index (χ4v) is 3.32. The first kappa shape index (κ1) is 19.7. The van der Waals surface area contributed by atoms with E-state index in [1.807, 2.05) is 0 Å². The van der Waals surface area contributed by atoms with Crippen LogP contribution >= 0.6 is 0 Å². The van der Waals surface area contributed by atoms with Gasteiger partial charge in [0, 0.05) is 5.57 Å². The molecule has 0 aromatic heterocycles. The average Bonchev–Trinajstić information content (AvgIpc) is 2.97. The molecule has 23 heavy (non-hydrogen) atoms. The summed E-state index contributed by atoms with van der Waals surface area (Å²) in [7, 11) is 0. The molecule has 0 aromatic rings. The Morgan fingerprint density at radius 1 is 1.13 bits per heavy atom. The highest BCUT2D eigenvalue weighted by Gasteiger charge is 2.23. The van der Waals surface area contributed by atoms with Crippen molar-refractivity contribution in [3.05, 3.63) is 36.5 Å². The summed E-state index contributed by atoms with van der Waals surface area (Å²) in [6, 6.07) is 0. The van der Waals surface area contributed by atoms with Crippen LogP contribution in [0.3, 0.4) is 0 Å². The van der Waals surface area contributed by atoms with E-state index in [-0.39, 0.29) is 0 Å². The number of hydrogen-bond acceptors (Lipinski definition) is 1. The number of carbonyl (C=O) groups is 1. The molecule has 0 aliphatic heterocycles. The van der Waals surface area contributed by atoms with Gasteiger partial charge in [0.2, 0.25) is 0 Å². The van der Waals surface area contributed by atoms with Crippen LogP contribution in [0.5, 0.6) is 0 Å². The standard InChI is InChI=1S/C21H34O2/c1-3-4-5-6-7-10-14-19-16-12-17-20(19)15-11-8-9-13-18(2)21(22)23/h8,10-11,14,19-20H,2-7,9,12-13,15-17H2,1H3,(H,22,23)/t19-,20-/m0/s1. The summed E-state index contributed by atoms with van der Waals surface area (Å²) in [5, 5.41) is 8.77. The molecule has 1 N–H and O–H groups in total. The number of carboxylic acid groups (broad SMARTS) is 1. The maximum absolute atomic E-state index is 10.7. The van der Waals surface area contributed by atoms with E-state index in [9.17, 15) is 4.79 Å². The molecular weight excluding hydrogens is 284 g/mol. The van der Waals surface area contributed by atoms with E-state index in [2.05, 4.69) is 37.8 Å². The number of rotatable bonds is 12. The van der Waals surface area contributed by atoms with E-state index in [4.69, 9.17) is 5.11 Å². The SMILES string of the molecule is C=C(CCC=CC[C@H]1CCC[C@@H]1C=CCCCCCC)C(=O)O. The molecule has 0 heterocycles. The summed E-state index contributed by atoms with van der Waals surface area (Å²) in [5.41, 5.74) is 0.305. The van der Waals surface area contributed by atoms with Crippen LogP contribution in [0.25, 0.3) is 0 Å². The third kappa shape index (κ3) is 8.78. The lowest BCUT2D eigenvalue weighted by molar-refractivity contribution is -0.132. The van der Waals surface area contributed by atoms with Gasteiger partial charge in [-0.1, -0.05) is 63.5 Å². The third-order valence-electron chi connectivity index (χ3n) is 4.85. The van der Waals surface area contributed by atoms with Crippen molar-refractivity contribution in [2.24, 2.45) is 11.8 Å². The minimum Gasteiger partial charge on any atom is -0.478 e. The molecule has 0 unspecified atom stereocenters. The van der Waals surface area contributed by atoms with E-state index in [0.717, 1.165) is 24.7 Å². The van der Waals surface area contributed by atoms with Gasteiger partial charge in [0.15, 0.2) is 0 Å². The first-order valence-electron chi connectivity index (χ1n) is 9.37. The second-order valence-electron chi connectivity index (χ2n) is 6.79. The van der Waals surface area contributed by atoms with Crippen molar-refractivity contribution in [3.8, 4) is 0 Å². The van der Waals surface area contributed by atoms with Gasteiger partial charge in [-0.3, -0.25) is 0 Å². The van der Waals surface area contributed by atoms with Crippen molar-refractivity contribution in [2.45, 2.75) is 77.6 Å². The minimum absolute atomic E-state index is 0.305. The van der Waals surface area contributed by atoms with Gasteiger partial charge < -0.3 is 5.11 Å². The smallest absolute Gasteiger partial charge is 0.330 e. The van der Waals surface area contributed by atoms with Gasteiger partial charge in [-0.05, 0) is 56.8 Å². The number of hydrogen-bond donors (Lipinski definition) is 1. The lowest BCUT2D eigenvalue weighted by Gasteiger charge is -2.14. The zero-order valence-corrected chi connectivity index (χ0v) is 14.8. The Bertz CT molecular complexity index is 406. The molecule has 0 aromatic carbocycles. The van der Waals surface area contributed by atoms with E-state index < -0.39 is 5.97 Å². The van der Waals surface area contributed by atoms with Crippen LogP contribution < -0.4 is 0 Å². The molecule has 1 rings (SSSR count). The topological polar surface area (TPSA) is 37.3 Å². The monoisotopic (exact) mass is 318 g/mol. The maximum atomic E-state index is 10.7. The molecule has 1 aliphatic carbocycles. The fourth-order valence-electron chi connectivity index (χ4n) is 3.32. The summed E-state index contributed by atoms with van der Waals surface area (Å²) in [6.45, 7) is 5.81. The molecule has 0 bridgehead atoms. The Hall–Kier alpha value is -1.31. The molecule has 130 valence electrons. The van der Waals surface area contributed by atoms with Crippen LogP contribution in [0, 0.1) is 11.8 Å². The van der Waals surface area contributed by atoms with E-state index in [0.29, 0.717) is 12.0 Å². The molecule has 1 aliphatic rings. The lowest BCUT2D eigenvalue weighted by atomic mass is 9.92. The van der Waals surface area contributed by atoms with Crippen molar-refractivity contribution in [3.63, 3.8) is 0 Å². The molecule has 1 fully saturated rings. The van der Waals surface area contributed by atoms with Crippen LogP contribution in [-0.2, 0) is 4.79 Å². The molecule has 0 radical (unpaired) electrons. The van der Waals surface area contributed by atoms with E-state index in [1.165, 1.54) is 51.4 Å². The summed E-state index contributed by atoms with van der Waals surface area (Å²) in [5.74, 6) is 0.652. The molecule has 0 amide bonds. The zero-order chi connectivity index (χ0) is 16.9. The van der Waals surface area contributed by atoms with Gasteiger partial charge in [0.25, 0.3) is 0 Å². The maximum Gasteiger partial charge on any atom is 0.330 e. The number of allylic oxidation sites excluding steroid dienone is 4. The summed E-state index contributed by atoms with van der Waals surface area (Å²) in [6.07, 6.45) is 22.3. The summed E-state index contributed by atoms with van der Waals surface area (Å²) in [4.78, 5) is 10.7. The predicted molar refractivity (Wildman–Crippen MR) is 98.5 cm³/mol. The normalized spacial score (nSPS) is 21.4. The molecule has 1 saturated carbocycles. The van der Waals surface area contributed by atoms with Crippen molar-refractivity contribution in [1.82, 2.24) is 0 Å².